The molecule has 0 amide bonds. The van der Waals surface area contributed by atoms with Crippen LogP contribution in [0.5, 0.6) is 0 Å². The van der Waals surface area contributed by atoms with E-state index in [1.165, 1.54) is 31.9 Å². The number of Topliss-reactive ketones (excluding diaryl/α,β-unsaturated/α-hetero) is 1. The Bertz CT molecular complexity index is 1270. The zero-order valence-electron chi connectivity index (χ0n) is 18.1. The highest BCUT2D eigenvalue weighted by molar-refractivity contribution is 7.19. The van der Waals surface area contributed by atoms with Crippen LogP contribution in [0.2, 0.25) is 0 Å². The third-order valence-corrected chi connectivity index (χ3v) is 7.53. The molecule has 0 aliphatic carbocycles. The molecule has 0 atom stereocenters. The van der Waals surface area contributed by atoms with Crippen molar-refractivity contribution in [3.05, 3.63) is 40.2 Å². The number of fused-ring (bicyclic) bond motifs is 2. The lowest BCUT2D eigenvalue weighted by molar-refractivity contribution is -0.119. The van der Waals surface area contributed by atoms with Crippen molar-refractivity contribution in [3.8, 4) is 11.3 Å². The highest BCUT2D eigenvalue weighted by atomic mass is 32.1. The molecule has 1 saturated heterocycles. The van der Waals surface area contributed by atoms with Crippen molar-refractivity contribution >= 4 is 33.0 Å². The van der Waals surface area contributed by atoms with Gasteiger partial charge < -0.3 is 4.98 Å². The van der Waals surface area contributed by atoms with Gasteiger partial charge in [0, 0.05) is 41.0 Å². The summed E-state index contributed by atoms with van der Waals surface area (Å²) in [5.41, 5.74) is 7.13. The standard InChI is InChI=1S/C23H27N5OS/c1-12(2)18-19-15(5)21(17-8-27(9-17)7-14(4)29)30-23(19)26-20(18)16-6-13(3)22-24-11-25-28(22)10-16/h6,10-12,17,26H,7-9H2,1-5H3. The van der Waals surface area contributed by atoms with E-state index in [1.54, 1.807) is 13.3 Å². The summed E-state index contributed by atoms with van der Waals surface area (Å²) in [7, 11) is 0. The van der Waals surface area contributed by atoms with Crippen molar-refractivity contribution in [2.45, 2.75) is 46.5 Å². The molecule has 0 spiro atoms. The number of rotatable bonds is 5. The molecule has 5 rings (SSSR count). The van der Waals surface area contributed by atoms with E-state index in [0.717, 1.165) is 29.9 Å². The van der Waals surface area contributed by atoms with Crippen LogP contribution in [0.25, 0.3) is 27.1 Å². The number of pyridine rings is 1. The summed E-state index contributed by atoms with van der Waals surface area (Å²) in [6, 6.07) is 2.20. The van der Waals surface area contributed by atoms with Crippen LogP contribution in [0.1, 0.15) is 54.2 Å². The molecule has 1 fully saturated rings. The second-order valence-corrected chi connectivity index (χ2v) is 9.95. The average Bonchev–Trinajstić information content (AvgIpc) is 3.32. The van der Waals surface area contributed by atoms with Gasteiger partial charge in [0.1, 0.15) is 16.9 Å². The van der Waals surface area contributed by atoms with E-state index in [-0.39, 0.29) is 5.78 Å². The second-order valence-electron chi connectivity index (χ2n) is 8.90. The number of nitrogens with one attached hydrogen (secondary N) is 1. The number of aryl methyl sites for hydroxylation is 2. The molecule has 0 bridgehead atoms. The Hall–Kier alpha value is -2.51. The minimum atomic E-state index is 0.245. The molecule has 0 saturated carbocycles. The van der Waals surface area contributed by atoms with Gasteiger partial charge in [0.25, 0.3) is 0 Å². The van der Waals surface area contributed by atoms with E-state index < -0.39 is 0 Å². The van der Waals surface area contributed by atoms with Gasteiger partial charge in [-0.2, -0.15) is 5.10 Å². The van der Waals surface area contributed by atoms with Crippen LogP contribution in [-0.4, -0.2) is 49.9 Å². The number of aromatic amines is 1. The van der Waals surface area contributed by atoms with Crippen molar-refractivity contribution in [1.82, 2.24) is 24.5 Å². The topological polar surface area (TPSA) is 66.3 Å². The summed E-state index contributed by atoms with van der Waals surface area (Å²) in [5, 5.41) is 5.72. The molecule has 5 heterocycles. The molecular weight excluding hydrogens is 394 g/mol. The zero-order chi connectivity index (χ0) is 21.2. The lowest BCUT2D eigenvalue weighted by Gasteiger charge is -2.38. The van der Waals surface area contributed by atoms with Gasteiger partial charge >= 0.3 is 0 Å². The number of H-pyrrole nitrogens is 1. The maximum atomic E-state index is 11.4. The predicted octanol–water partition coefficient (Wildman–Crippen LogP) is 4.67. The molecule has 4 aromatic rings. The fourth-order valence-corrected chi connectivity index (χ4v) is 6.16. The molecule has 156 valence electrons. The number of carbonyl (C=O) groups is 1. The molecule has 1 N–H and O–H groups in total. The number of hydrogen-bond acceptors (Lipinski definition) is 5. The smallest absolute Gasteiger partial charge is 0.158 e. The quantitative estimate of drug-likeness (QED) is 0.509. The average molecular weight is 422 g/mol. The fraction of sp³-hybridized carbons (Fsp3) is 0.435. The first-order valence-corrected chi connectivity index (χ1v) is 11.3. The maximum absolute atomic E-state index is 11.4. The lowest BCUT2D eigenvalue weighted by Crippen LogP contribution is -2.46. The Morgan fingerprint density at radius 2 is 2.10 bits per heavy atom. The molecule has 6 nitrogen and oxygen atoms in total. The van der Waals surface area contributed by atoms with Crippen LogP contribution in [-0.2, 0) is 4.79 Å². The van der Waals surface area contributed by atoms with E-state index in [2.05, 4.69) is 59.9 Å². The summed E-state index contributed by atoms with van der Waals surface area (Å²) in [6.07, 6.45) is 3.67. The molecule has 1 aliphatic heterocycles. The van der Waals surface area contributed by atoms with E-state index >= 15 is 0 Å². The van der Waals surface area contributed by atoms with Gasteiger partial charge in [-0.3, -0.25) is 9.69 Å². The SMILES string of the molecule is CC(=O)CN1CC(c2sc3[nH]c(-c4cc(C)c5ncnn5c4)c(C(C)C)c3c2C)C1. The van der Waals surface area contributed by atoms with Crippen LogP contribution >= 0.6 is 11.3 Å². The first-order valence-electron chi connectivity index (χ1n) is 10.5. The largest absolute Gasteiger partial charge is 0.346 e. The molecule has 7 heteroatoms. The van der Waals surface area contributed by atoms with Gasteiger partial charge in [-0.15, -0.1) is 11.3 Å². The number of likely N-dealkylation sites (tertiary alicyclic amines) is 1. The molecule has 4 aromatic heterocycles. The first-order chi connectivity index (χ1) is 14.3. The van der Waals surface area contributed by atoms with Gasteiger partial charge in [-0.05, 0) is 49.4 Å². The first kappa shape index (κ1) is 19.5. The minimum Gasteiger partial charge on any atom is -0.346 e. The van der Waals surface area contributed by atoms with Crippen LogP contribution in [0.3, 0.4) is 0 Å². The third-order valence-electron chi connectivity index (χ3n) is 6.16. The molecule has 0 radical (unpaired) electrons. The monoisotopic (exact) mass is 421 g/mol. The van der Waals surface area contributed by atoms with Crippen molar-refractivity contribution in [2.75, 3.05) is 19.6 Å². The summed E-state index contributed by atoms with van der Waals surface area (Å²) < 4.78 is 1.86. The highest BCUT2D eigenvalue weighted by Crippen LogP contribution is 2.45. The van der Waals surface area contributed by atoms with E-state index in [0.29, 0.717) is 18.4 Å². The Morgan fingerprint density at radius 3 is 2.80 bits per heavy atom. The van der Waals surface area contributed by atoms with Crippen LogP contribution in [0.15, 0.2) is 18.6 Å². The van der Waals surface area contributed by atoms with Crippen LogP contribution in [0, 0.1) is 13.8 Å². The third kappa shape index (κ3) is 2.99. The fourth-order valence-electron chi connectivity index (χ4n) is 4.85. The molecule has 1 aliphatic rings. The zero-order valence-corrected chi connectivity index (χ0v) is 18.9. The van der Waals surface area contributed by atoms with E-state index in [4.69, 9.17) is 0 Å². The van der Waals surface area contributed by atoms with Crippen molar-refractivity contribution < 1.29 is 4.79 Å². The Balaban J connectivity index is 1.58. The summed E-state index contributed by atoms with van der Waals surface area (Å²) in [4.78, 5) is 24.4. The highest BCUT2D eigenvalue weighted by Gasteiger charge is 2.33. The molecule has 0 unspecified atom stereocenters. The maximum Gasteiger partial charge on any atom is 0.158 e. The lowest BCUT2D eigenvalue weighted by atomic mass is 9.91. The van der Waals surface area contributed by atoms with Crippen molar-refractivity contribution in [3.63, 3.8) is 0 Å². The van der Waals surface area contributed by atoms with Gasteiger partial charge in [-0.1, -0.05) is 13.8 Å². The second kappa shape index (κ2) is 7.03. The van der Waals surface area contributed by atoms with Gasteiger partial charge in [0.15, 0.2) is 5.65 Å². The van der Waals surface area contributed by atoms with Gasteiger partial charge in [-0.25, -0.2) is 9.50 Å². The summed E-state index contributed by atoms with van der Waals surface area (Å²) >= 11 is 1.88. The number of nitrogens with zero attached hydrogens (tertiary/aromatic N) is 4. The molecule has 0 aromatic carbocycles. The summed E-state index contributed by atoms with van der Waals surface area (Å²) in [6.45, 7) is 13.1. The van der Waals surface area contributed by atoms with Crippen molar-refractivity contribution in [1.29, 1.82) is 0 Å². The van der Waals surface area contributed by atoms with E-state index in [9.17, 15) is 4.79 Å². The molecule has 30 heavy (non-hydrogen) atoms. The van der Waals surface area contributed by atoms with E-state index in [1.807, 2.05) is 15.9 Å². The molecular formula is C23H27N5OS. The Kier molecular flexibility index (Phi) is 4.56. The normalized spacial score (nSPS) is 15.5. The minimum absolute atomic E-state index is 0.245. The van der Waals surface area contributed by atoms with Crippen LogP contribution in [0.4, 0.5) is 0 Å². The number of carbonyl (C=O) groups excluding carboxylic acids is 1. The van der Waals surface area contributed by atoms with Crippen molar-refractivity contribution in [2.24, 2.45) is 0 Å². The van der Waals surface area contributed by atoms with Gasteiger partial charge in [0.05, 0.1) is 12.2 Å². The van der Waals surface area contributed by atoms with Gasteiger partial charge in [0.2, 0.25) is 0 Å². The predicted molar refractivity (Wildman–Crippen MR) is 122 cm³/mol. The summed E-state index contributed by atoms with van der Waals surface area (Å²) in [5.74, 6) is 1.18. The number of thiophene rings is 1. The van der Waals surface area contributed by atoms with Crippen LogP contribution < -0.4 is 0 Å². The Morgan fingerprint density at radius 1 is 1.33 bits per heavy atom. The number of aromatic nitrogens is 4. The number of ketones is 1. The number of hydrogen-bond donors (Lipinski definition) is 1. The Labute approximate surface area is 179 Å².